The zero-order chi connectivity index (χ0) is 16.4. The number of carbonyl (C=O) groups is 1. The third kappa shape index (κ3) is 3.34. The lowest BCUT2D eigenvalue weighted by molar-refractivity contribution is 0.0600. The zero-order valence-electron chi connectivity index (χ0n) is 13.8. The van der Waals surface area contributed by atoms with E-state index in [1.54, 1.807) is 6.07 Å². The number of esters is 1. The topological polar surface area (TPSA) is 50.4 Å². The number of benzene rings is 1. The molecule has 124 valence electrons. The number of hydrogen-bond donors (Lipinski definition) is 2. The Morgan fingerprint density at radius 1 is 1.30 bits per heavy atom. The van der Waals surface area contributed by atoms with Crippen LogP contribution in [-0.2, 0) is 4.74 Å². The number of methoxy groups -OCH3 is 1. The van der Waals surface area contributed by atoms with Gasteiger partial charge in [-0.25, -0.2) is 4.79 Å². The minimum Gasteiger partial charge on any atom is -0.465 e. The molecular formula is C18H24N2O2S. The highest BCUT2D eigenvalue weighted by molar-refractivity contribution is 7.80. The Balaban J connectivity index is 1.72. The van der Waals surface area contributed by atoms with Crippen LogP contribution >= 0.6 is 12.2 Å². The summed E-state index contributed by atoms with van der Waals surface area (Å²) in [7, 11) is 1.40. The predicted molar refractivity (Wildman–Crippen MR) is 95.8 cm³/mol. The molecule has 0 radical (unpaired) electrons. The van der Waals surface area contributed by atoms with Crippen LogP contribution < -0.4 is 10.6 Å². The van der Waals surface area contributed by atoms with Crippen molar-refractivity contribution in [3.05, 3.63) is 29.3 Å². The second-order valence-corrected chi connectivity index (χ2v) is 7.09. The Morgan fingerprint density at radius 2 is 2.00 bits per heavy atom. The first-order valence-electron chi connectivity index (χ1n) is 8.33. The first kappa shape index (κ1) is 16.2. The third-order valence-electron chi connectivity index (χ3n) is 5.20. The van der Waals surface area contributed by atoms with Crippen LogP contribution in [0, 0.1) is 12.8 Å². The van der Waals surface area contributed by atoms with Gasteiger partial charge in [0.1, 0.15) is 0 Å². The molecule has 3 rings (SSSR count). The molecule has 0 saturated heterocycles. The number of carbonyl (C=O) groups excluding carboxylic acids is 1. The molecule has 0 amide bonds. The summed E-state index contributed by atoms with van der Waals surface area (Å²) in [5.41, 5.74) is 2.47. The molecule has 23 heavy (non-hydrogen) atoms. The number of thiocarbonyl (C=S) groups is 1. The van der Waals surface area contributed by atoms with Crippen molar-refractivity contribution >= 4 is 29.0 Å². The van der Waals surface area contributed by atoms with E-state index in [0.29, 0.717) is 10.7 Å². The minimum absolute atomic E-state index is 0.192. The fraction of sp³-hybridized carbons (Fsp3) is 0.556. The van der Waals surface area contributed by atoms with Gasteiger partial charge >= 0.3 is 5.97 Å². The first-order chi connectivity index (χ1) is 11.1. The summed E-state index contributed by atoms with van der Waals surface area (Å²) in [6, 6.07) is 5.55. The lowest BCUT2D eigenvalue weighted by Crippen LogP contribution is -2.49. The highest BCUT2D eigenvalue weighted by Crippen LogP contribution is 2.48. The van der Waals surface area contributed by atoms with E-state index in [4.69, 9.17) is 17.0 Å². The summed E-state index contributed by atoms with van der Waals surface area (Å²) < 4.78 is 4.83. The van der Waals surface area contributed by atoms with Gasteiger partial charge in [0.2, 0.25) is 0 Å². The van der Waals surface area contributed by atoms with Gasteiger partial charge in [-0.05, 0) is 68.4 Å². The van der Waals surface area contributed by atoms with Crippen LogP contribution in [0.2, 0.25) is 0 Å². The lowest BCUT2D eigenvalue weighted by atomic mass is 9.91. The van der Waals surface area contributed by atoms with E-state index in [-0.39, 0.29) is 11.5 Å². The van der Waals surface area contributed by atoms with E-state index in [2.05, 4.69) is 10.6 Å². The van der Waals surface area contributed by atoms with Crippen molar-refractivity contribution in [3.8, 4) is 0 Å². The molecule has 0 unspecified atom stereocenters. The summed E-state index contributed by atoms with van der Waals surface area (Å²) in [5.74, 6) is 0.447. The number of rotatable bonds is 4. The molecular weight excluding hydrogens is 308 g/mol. The van der Waals surface area contributed by atoms with Crippen LogP contribution in [0.3, 0.4) is 0 Å². The number of hydrogen-bond acceptors (Lipinski definition) is 3. The zero-order valence-corrected chi connectivity index (χ0v) is 14.6. The standard InChI is InChI=1S/C18H24N2O2S/c1-12-14(16(21)22-2)6-5-7-15(12)19-17(23)20-18(13-8-9-13)10-3-4-11-18/h5-7,13H,3-4,8-11H2,1-2H3,(H2,19,20,23). The molecule has 0 spiro atoms. The largest absolute Gasteiger partial charge is 0.465 e. The molecule has 0 atom stereocenters. The monoisotopic (exact) mass is 332 g/mol. The first-order valence-corrected chi connectivity index (χ1v) is 8.74. The van der Waals surface area contributed by atoms with Crippen LogP contribution in [0.15, 0.2) is 18.2 Å². The second-order valence-electron chi connectivity index (χ2n) is 6.69. The number of nitrogens with one attached hydrogen (secondary N) is 2. The van der Waals surface area contributed by atoms with Gasteiger partial charge in [0.05, 0.1) is 12.7 Å². The van der Waals surface area contributed by atoms with E-state index >= 15 is 0 Å². The second kappa shape index (κ2) is 6.48. The maximum Gasteiger partial charge on any atom is 0.338 e. The van der Waals surface area contributed by atoms with Crippen LogP contribution in [0.4, 0.5) is 5.69 Å². The molecule has 2 saturated carbocycles. The molecule has 2 aliphatic rings. The van der Waals surface area contributed by atoms with E-state index in [0.717, 1.165) is 17.2 Å². The number of ether oxygens (including phenoxy) is 1. The summed E-state index contributed by atoms with van der Waals surface area (Å²) in [6.45, 7) is 1.91. The Labute approximate surface area is 143 Å². The Morgan fingerprint density at radius 3 is 2.61 bits per heavy atom. The smallest absolute Gasteiger partial charge is 0.338 e. The van der Waals surface area contributed by atoms with E-state index < -0.39 is 0 Å². The molecule has 0 bridgehead atoms. The molecule has 2 aliphatic carbocycles. The van der Waals surface area contributed by atoms with Gasteiger partial charge < -0.3 is 15.4 Å². The van der Waals surface area contributed by atoms with Crippen molar-refractivity contribution in [1.82, 2.24) is 5.32 Å². The van der Waals surface area contributed by atoms with E-state index in [1.807, 2.05) is 19.1 Å². The maximum absolute atomic E-state index is 11.8. The molecule has 5 heteroatoms. The molecule has 1 aromatic carbocycles. The average Bonchev–Trinajstić information content (AvgIpc) is 3.30. The summed E-state index contributed by atoms with van der Waals surface area (Å²) in [4.78, 5) is 11.8. The summed E-state index contributed by atoms with van der Waals surface area (Å²) >= 11 is 5.55. The van der Waals surface area contributed by atoms with E-state index in [1.165, 1.54) is 45.6 Å². The van der Waals surface area contributed by atoms with Crippen LogP contribution in [0.5, 0.6) is 0 Å². The lowest BCUT2D eigenvalue weighted by Gasteiger charge is -2.32. The Kier molecular flexibility index (Phi) is 4.57. The SMILES string of the molecule is COC(=O)c1cccc(NC(=S)NC2(C3CC3)CCCC2)c1C. The highest BCUT2D eigenvalue weighted by atomic mass is 32.1. The summed E-state index contributed by atoms with van der Waals surface area (Å²) in [6.07, 6.45) is 7.60. The quantitative estimate of drug-likeness (QED) is 0.649. The van der Waals surface area contributed by atoms with Gasteiger partial charge in [0.25, 0.3) is 0 Å². The maximum atomic E-state index is 11.8. The van der Waals surface area contributed by atoms with Gasteiger partial charge in [0.15, 0.2) is 5.11 Å². The normalized spacial score (nSPS) is 19.2. The van der Waals surface area contributed by atoms with Crippen LogP contribution in [0.25, 0.3) is 0 Å². The van der Waals surface area contributed by atoms with Crippen LogP contribution in [-0.4, -0.2) is 23.7 Å². The molecule has 2 N–H and O–H groups in total. The van der Waals surface area contributed by atoms with Gasteiger partial charge in [0, 0.05) is 11.2 Å². The fourth-order valence-corrected chi connectivity index (χ4v) is 4.07. The number of anilines is 1. The fourth-order valence-electron chi connectivity index (χ4n) is 3.76. The van der Waals surface area contributed by atoms with Gasteiger partial charge in [-0.15, -0.1) is 0 Å². The van der Waals surface area contributed by atoms with Crippen molar-refractivity contribution in [2.24, 2.45) is 5.92 Å². The molecule has 2 fully saturated rings. The molecule has 4 nitrogen and oxygen atoms in total. The van der Waals surface area contributed by atoms with Crippen LogP contribution in [0.1, 0.15) is 54.4 Å². The van der Waals surface area contributed by atoms with E-state index in [9.17, 15) is 4.79 Å². The van der Waals surface area contributed by atoms with Crippen molar-refractivity contribution in [2.45, 2.75) is 51.0 Å². The predicted octanol–water partition coefficient (Wildman–Crippen LogP) is 3.79. The molecule has 0 aliphatic heterocycles. The van der Waals surface area contributed by atoms with Crippen molar-refractivity contribution < 1.29 is 9.53 Å². The Hall–Kier alpha value is -1.62. The third-order valence-corrected chi connectivity index (χ3v) is 5.41. The Bertz CT molecular complexity index is 619. The van der Waals surface area contributed by atoms with Crippen molar-refractivity contribution in [3.63, 3.8) is 0 Å². The highest BCUT2D eigenvalue weighted by Gasteiger charge is 2.47. The van der Waals surface area contributed by atoms with Crippen molar-refractivity contribution in [2.75, 3.05) is 12.4 Å². The molecule has 0 heterocycles. The molecule has 1 aromatic rings. The van der Waals surface area contributed by atoms with Gasteiger partial charge in [-0.1, -0.05) is 18.9 Å². The minimum atomic E-state index is -0.324. The molecule has 0 aromatic heterocycles. The van der Waals surface area contributed by atoms with Gasteiger partial charge in [-0.2, -0.15) is 0 Å². The average molecular weight is 332 g/mol. The summed E-state index contributed by atoms with van der Waals surface area (Å²) in [5, 5.41) is 7.53. The van der Waals surface area contributed by atoms with Crippen molar-refractivity contribution in [1.29, 1.82) is 0 Å². The van der Waals surface area contributed by atoms with Gasteiger partial charge in [-0.3, -0.25) is 0 Å².